The Morgan fingerprint density at radius 2 is 1.55 bits per heavy atom. The maximum Gasteiger partial charge on any atom is 0.229 e. The molecule has 8 heteroatoms. The Balaban J connectivity index is 0.848. The summed E-state index contributed by atoms with van der Waals surface area (Å²) in [7, 11) is 0. The number of Topliss-reactive ketones (excluding diaryl/α,β-unsaturated/α-hetero) is 1. The Labute approximate surface area is 282 Å². The summed E-state index contributed by atoms with van der Waals surface area (Å²) >= 11 is 0. The molecule has 5 fully saturated rings. The molecule has 7 aliphatic rings. The van der Waals surface area contributed by atoms with Gasteiger partial charge in [-0.15, -0.1) is 0 Å². The van der Waals surface area contributed by atoms with E-state index in [4.69, 9.17) is 9.97 Å². The number of anilines is 3. The molecular weight excluding hydrogens is 584 g/mol. The maximum atomic E-state index is 13.6. The molecule has 0 bridgehead atoms. The van der Waals surface area contributed by atoms with Gasteiger partial charge < -0.3 is 14.7 Å². The number of aromatic nitrogens is 2. The first-order valence-corrected chi connectivity index (χ1v) is 19.2. The molecule has 47 heavy (non-hydrogen) atoms. The summed E-state index contributed by atoms with van der Waals surface area (Å²) in [6.07, 6.45) is 20.7. The lowest BCUT2D eigenvalue weighted by Crippen LogP contribution is -2.47. The minimum absolute atomic E-state index is 0.0828. The van der Waals surface area contributed by atoms with Crippen molar-refractivity contribution in [2.24, 2.45) is 22.7 Å². The fraction of sp³-hybridized carbons (Fsp3) is 0.744. The van der Waals surface area contributed by atoms with Gasteiger partial charge in [-0.25, -0.2) is 0 Å². The van der Waals surface area contributed by atoms with E-state index in [0.29, 0.717) is 36.2 Å². The molecule has 2 saturated carbocycles. The van der Waals surface area contributed by atoms with E-state index < -0.39 is 0 Å². The van der Waals surface area contributed by atoms with Crippen LogP contribution < -0.4 is 14.7 Å². The number of allylic oxidation sites excluding steroid dienone is 4. The molecule has 0 unspecified atom stereocenters. The number of ketones is 2. The lowest BCUT2D eigenvalue weighted by Gasteiger charge is -2.53. The first-order valence-electron chi connectivity index (χ1n) is 19.2. The van der Waals surface area contributed by atoms with Crippen LogP contribution in [0.3, 0.4) is 0 Å². The Kier molecular flexibility index (Phi) is 8.68. The fourth-order valence-corrected chi connectivity index (χ4v) is 10.9. The van der Waals surface area contributed by atoms with Crippen LogP contribution in [0.5, 0.6) is 0 Å². The summed E-state index contributed by atoms with van der Waals surface area (Å²) in [5.74, 6) is 5.18. The molecule has 1 aromatic heterocycles. The van der Waals surface area contributed by atoms with Crippen LogP contribution in [-0.2, 0) is 9.59 Å². The number of carbonyl (C=O) groups is 2. The molecule has 0 aromatic carbocycles. The second-order valence-corrected chi connectivity index (χ2v) is 16.3. The zero-order valence-electron chi connectivity index (χ0n) is 28.9. The molecular formula is C39H56N6O2. The van der Waals surface area contributed by atoms with Gasteiger partial charge in [0, 0.05) is 83.1 Å². The average molecular weight is 641 g/mol. The van der Waals surface area contributed by atoms with E-state index in [0.717, 1.165) is 109 Å². The van der Waals surface area contributed by atoms with Crippen LogP contribution in [0.2, 0.25) is 0 Å². The molecule has 0 N–H and O–H groups in total. The van der Waals surface area contributed by atoms with E-state index in [-0.39, 0.29) is 10.8 Å². The summed E-state index contributed by atoms with van der Waals surface area (Å²) in [5, 5.41) is 0. The monoisotopic (exact) mass is 640 g/mol. The number of rotatable bonds is 9. The SMILES string of the molecule is C[C@]12CCC(=O)C=C1CC[C@@H]1C2=CC[C@]2(CC(=O)CCCN3CCN(c4cc(N5CCCC5)nc(N5CCCC5)n4)CC3)CCC[C@@H]12. The van der Waals surface area contributed by atoms with Crippen LogP contribution in [0.15, 0.2) is 29.4 Å². The van der Waals surface area contributed by atoms with Gasteiger partial charge in [0.25, 0.3) is 0 Å². The number of carbonyl (C=O) groups excluding carboxylic acids is 2. The molecule has 0 spiro atoms. The van der Waals surface area contributed by atoms with Crippen molar-refractivity contribution in [2.75, 3.05) is 73.6 Å². The van der Waals surface area contributed by atoms with Crippen molar-refractivity contribution in [3.63, 3.8) is 0 Å². The Morgan fingerprint density at radius 1 is 0.851 bits per heavy atom. The van der Waals surface area contributed by atoms with Gasteiger partial charge in [0.15, 0.2) is 5.78 Å². The predicted octanol–water partition coefficient (Wildman–Crippen LogP) is 6.36. The topological polar surface area (TPSA) is 72.9 Å². The van der Waals surface area contributed by atoms with E-state index in [1.165, 1.54) is 56.9 Å². The van der Waals surface area contributed by atoms with Crippen LogP contribution in [0.1, 0.15) is 103 Å². The van der Waals surface area contributed by atoms with Crippen LogP contribution in [0.4, 0.5) is 17.6 Å². The van der Waals surface area contributed by atoms with Gasteiger partial charge in [-0.3, -0.25) is 14.5 Å². The molecule has 8 rings (SSSR count). The normalized spacial score (nSPS) is 32.6. The van der Waals surface area contributed by atoms with Gasteiger partial charge in [0.1, 0.15) is 17.4 Å². The molecule has 1 aromatic rings. The van der Waals surface area contributed by atoms with Gasteiger partial charge in [0.05, 0.1) is 0 Å². The van der Waals surface area contributed by atoms with E-state index in [2.05, 4.69) is 38.7 Å². The Bertz CT molecular complexity index is 1380. The Morgan fingerprint density at radius 3 is 2.30 bits per heavy atom. The number of piperazine rings is 1. The zero-order valence-corrected chi connectivity index (χ0v) is 28.9. The minimum atomic E-state index is 0.0828. The van der Waals surface area contributed by atoms with E-state index in [9.17, 15) is 9.59 Å². The molecule has 254 valence electrons. The van der Waals surface area contributed by atoms with Crippen LogP contribution in [0.25, 0.3) is 0 Å². The first-order chi connectivity index (χ1) is 22.9. The molecule has 4 heterocycles. The third-order valence-corrected chi connectivity index (χ3v) is 13.5. The minimum Gasteiger partial charge on any atom is -0.356 e. The summed E-state index contributed by atoms with van der Waals surface area (Å²) in [6, 6.07) is 2.23. The third-order valence-electron chi connectivity index (χ3n) is 13.5. The van der Waals surface area contributed by atoms with Crippen molar-refractivity contribution in [1.29, 1.82) is 0 Å². The average Bonchev–Trinajstić information content (AvgIpc) is 3.88. The highest BCUT2D eigenvalue weighted by Crippen LogP contribution is 2.64. The Hall–Kier alpha value is -2.74. The summed E-state index contributed by atoms with van der Waals surface area (Å²) in [5.41, 5.74) is 3.27. The lowest BCUT2D eigenvalue weighted by molar-refractivity contribution is -0.123. The summed E-state index contributed by atoms with van der Waals surface area (Å²) in [6.45, 7) is 11.8. The van der Waals surface area contributed by atoms with E-state index in [1.54, 1.807) is 5.57 Å². The van der Waals surface area contributed by atoms with Crippen LogP contribution in [0, 0.1) is 22.7 Å². The fourth-order valence-electron chi connectivity index (χ4n) is 10.9. The molecule has 0 radical (unpaired) electrons. The van der Waals surface area contributed by atoms with Crippen LogP contribution in [-0.4, -0.2) is 85.3 Å². The van der Waals surface area contributed by atoms with Crippen LogP contribution >= 0.6 is 0 Å². The van der Waals surface area contributed by atoms with Crippen molar-refractivity contribution in [3.8, 4) is 0 Å². The largest absolute Gasteiger partial charge is 0.356 e. The highest BCUT2D eigenvalue weighted by atomic mass is 16.1. The van der Waals surface area contributed by atoms with Gasteiger partial charge in [-0.05, 0) is 101 Å². The van der Waals surface area contributed by atoms with E-state index >= 15 is 0 Å². The number of fused-ring (bicyclic) bond motifs is 5. The van der Waals surface area contributed by atoms with Crippen molar-refractivity contribution in [1.82, 2.24) is 14.9 Å². The molecule has 0 amide bonds. The second-order valence-electron chi connectivity index (χ2n) is 16.3. The number of hydrogen-bond donors (Lipinski definition) is 0. The lowest BCUT2D eigenvalue weighted by atomic mass is 9.51. The number of nitrogens with zero attached hydrogens (tertiary/aromatic N) is 6. The maximum absolute atomic E-state index is 13.6. The molecule has 8 nitrogen and oxygen atoms in total. The zero-order chi connectivity index (χ0) is 32.0. The second kappa shape index (κ2) is 12.9. The van der Waals surface area contributed by atoms with Crippen molar-refractivity contribution in [3.05, 3.63) is 29.4 Å². The van der Waals surface area contributed by atoms with Gasteiger partial charge in [0.2, 0.25) is 5.95 Å². The quantitative estimate of drug-likeness (QED) is 0.289. The molecule has 3 aliphatic heterocycles. The van der Waals surface area contributed by atoms with Gasteiger partial charge in [-0.2, -0.15) is 9.97 Å². The standard InChI is InChI=1S/C39H56N6O2/c1-38-15-12-30(46)26-29(38)10-11-32-33(38)13-16-39(14-6-9-34(32)39)28-31(47)8-7-17-42-22-24-44(25-23-42)36-27-35(43-18-2-3-19-43)40-37(41-36)45-20-4-5-21-45/h13,26-27,32,34H,2-12,14-25,28H2,1H3/t32-,34+,38+,39+/m1/s1. The predicted molar refractivity (Wildman–Crippen MR) is 188 cm³/mol. The highest BCUT2D eigenvalue weighted by Gasteiger charge is 2.54. The molecule has 4 atom stereocenters. The smallest absolute Gasteiger partial charge is 0.229 e. The van der Waals surface area contributed by atoms with Crippen molar-refractivity contribution < 1.29 is 9.59 Å². The summed E-state index contributed by atoms with van der Waals surface area (Å²) in [4.78, 5) is 45.7. The van der Waals surface area contributed by atoms with Crippen molar-refractivity contribution in [2.45, 2.75) is 103 Å². The molecule has 3 saturated heterocycles. The van der Waals surface area contributed by atoms with Crippen molar-refractivity contribution >= 4 is 29.2 Å². The van der Waals surface area contributed by atoms with E-state index in [1.807, 2.05) is 6.08 Å². The highest BCUT2D eigenvalue weighted by molar-refractivity contribution is 5.92. The number of hydrogen-bond acceptors (Lipinski definition) is 8. The van der Waals surface area contributed by atoms with Gasteiger partial charge >= 0.3 is 0 Å². The summed E-state index contributed by atoms with van der Waals surface area (Å²) < 4.78 is 0. The first kappa shape index (κ1) is 31.5. The third kappa shape index (κ3) is 6.06. The molecule has 4 aliphatic carbocycles. The van der Waals surface area contributed by atoms with Gasteiger partial charge in [-0.1, -0.05) is 30.6 Å².